The Labute approximate surface area is 125 Å². The maximum absolute atomic E-state index is 11.4. The molecule has 1 atom stereocenters. The van der Waals surface area contributed by atoms with Crippen LogP contribution in [0.2, 0.25) is 0 Å². The number of anilines is 2. The summed E-state index contributed by atoms with van der Waals surface area (Å²) in [5.41, 5.74) is 8.13. The van der Waals surface area contributed by atoms with E-state index in [0.717, 1.165) is 6.42 Å². The first kappa shape index (κ1) is 15.3. The highest BCUT2D eigenvalue weighted by atomic mass is 32.2. The molecule has 2 aromatic rings. The van der Waals surface area contributed by atoms with Crippen LogP contribution >= 0.6 is 0 Å². The number of primary sulfonamides is 1. The molecule has 0 radical (unpaired) electrons. The van der Waals surface area contributed by atoms with Gasteiger partial charge in [0, 0.05) is 6.04 Å². The van der Waals surface area contributed by atoms with E-state index in [4.69, 9.17) is 10.9 Å². The van der Waals surface area contributed by atoms with Crippen LogP contribution in [0.25, 0.3) is 0 Å². The van der Waals surface area contributed by atoms with E-state index in [1.54, 1.807) is 0 Å². The van der Waals surface area contributed by atoms with Crippen LogP contribution in [0.4, 0.5) is 11.4 Å². The first-order valence-electron chi connectivity index (χ1n) is 6.59. The summed E-state index contributed by atoms with van der Waals surface area (Å²) in [6.45, 7) is 2.01. The highest BCUT2D eigenvalue weighted by Crippen LogP contribution is 2.23. The molecule has 0 aliphatic heterocycles. The Bertz CT molecular complexity index is 715. The number of benzene rings is 2. The molecule has 0 aromatic heterocycles. The van der Waals surface area contributed by atoms with Crippen molar-refractivity contribution in [3.63, 3.8) is 0 Å². The van der Waals surface area contributed by atoms with E-state index in [0.29, 0.717) is 11.4 Å². The number of rotatable bonds is 5. The number of hydrogen-bond donors (Lipinski definition) is 3. The van der Waals surface area contributed by atoms with Crippen molar-refractivity contribution in [1.82, 2.24) is 0 Å². The molecule has 112 valence electrons. The van der Waals surface area contributed by atoms with Crippen molar-refractivity contribution in [1.29, 1.82) is 0 Å². The molecule has 5 N–H and O–H groups in total. The van der Waals surface area contributed by atoms with Crippen molar-refractivity contribution < 1.29 is 8.42 Å². The maximum Gasteiger partial charge on any atom is 0.238 e. The molecule has 0 aliphatic carbocycles. The monoisotopic (exact) mass is 305 g/mol. The van der Waals surface area contributed by atoms with Crippen molar-refractivity contribution in [2.75, 3.05) is 11.1 Å². The van der Waals surface area contributed by atoms with Crippen molar-refractivity contribution in [3.05, 3.63) is 54.1 Å². The molecule has 5 nitrogen and oxygen atoms in total. The van der Waals surface area contributed by atoms with Crippen LogP contribution in [-0.2, 0) is 16.4 Å². The molecular weight excluding hydrogens is 286 g/mol. The van der Waals surface area contributed by atoms with Gasteiger partial charge in [-0.15, -0.1) is 0 Å². The molecule has 0 spiro atoms. The Balaban J connectivity index is 2.15. The van der Waals surface area contributed by atoms with E-state index in [1.165, 1.54) is 23.8 Å². The third-order valence-electron chi connectivity index (χ3n) is 3.14. The van der Waals surface area contributed by atoms with Gasteiger partial charge in [-0.3, -0.25) is 0 Å². The van der Waals surface area contributed by atoms with Gasteiger partial charge in [-0.1, -0.05) is 30.3 Å². The van der Waals surface area contributed by atoms with Crippen LogP contribution in [-0.4, -0.2) is 14.5 Å². The van der Waals surface area contributed by atoms with Gasteiger partial charge in [0.2, 0.25) is 10.0 Å². The van der Waals surface area contributed by atoms with Gasteiger partial charge in [-0.25, -0.2) is 13.6 Å². The summed E-state index contributed by atoms with van der Waals surface area (Å²) in [5.74, 6) is 0. The van der Waals surface area contributed by atoms with Gasteiger partial charge in [0.05, 0.1) is 16.3 Å². The fraction of sp³-hybridized carbons (Fsp3) is 0.200. The lowest BCUT2D eigenvalue weighted by Crippen LogP contribution is -2.20. The van der Waals surface area contributed by atoms with Crippen LogP contribution in [0.3, 0.4) is 0 Å². The zero-order chi connectivity index (χ0) is 15.5. The smallest absolute Gasteiger partial charge is 0.238 e. The molecule has 6 heteroatoms. The van der Waals surface area contributed by atoms with Gasteiger partial charge in [-0.2, -0.15) is 0 Å². The lowest BCUT2D eigenvalue weighted by Gasteiger charge is -2.17. The predicted octanol–water partition coefficient (Wildman–Crippen LogP) is 1.96. The fourth-order valence-corrected chi connectivity index (χ4v) is 2.66. The summed E-state index contributed by atoms with van der Waals surface area (Å²) in [4.78, 5) is 0.0473. The second kappa shape index (κ2) is 6.15. The Morgan fingerprint density at radius 3 is 2.43 bits per heavy atom. The second-order valence-electron chi connectivity index (χ2n) is 5.03. The van der Waals surface area contributed by atoms with E-state index in [-0.39, 0.29) is 10.9 Å². The summed E-state index contributed by atoms with van der Waals surface area (Å²) in [6, 6.07) is 14.5. The van der Waals surface area contributed by atoms with Gasteiger partial charge in [0.25, 0.3) is 0 Å². The number of hydrogen-bond acceptors (Lipinski definition) is 4. The molecule has 21 heavy (non-hydrogen) atoms. The van der Waals surface area contributed by atoms with Gasteiger partial charge >= 0.3 is 0 Å². The lowest BCUT2D eigenvalue weighted by atomic mass is 10.1. The summed E-state index contributed by atoms with van der Waals surface area (Å²) in [5, 5.41) is 8.36. The summed E-state index contributed by atoms with van der Waals surface area (Å²) >= 11 is 0. The van der Waals surface area contributed by atoms with Crippen LogP contribution < -0.4 is 16.2 Å². The largest absolute Gasteiger partial charge is 0.397 e. The molecule has 0 saturated carbocycles. The lowest BCUT2D eigenvalue weighted by molar-refractivity contribution is 0.598. The highest BCUT2D eigenvalue weighted by molar-refractivity contribution is 7.89. The van der Waals surface area contributed by atoms with E-state index in [9.17, 15) is 8.42 Å². The van der Waals surface area contributed by atoms with Crippen molar-refractivity contribution >= 4 is 21.4 Å². The normalized spacial score (nSPS) is 12.9. The third-order valence-corrected chi connectivity index (χ3v) is 4.05. The Hall–Kier alpha value is -2.05. The number of nitrogen functional groups attached to an aromatic ring is 1. The number of sulfonamides is 1. The SMILES string of the molecule is CC(Cc1ccccc1)Nc1cc(S(N)(=O)=O)ccc1N. The topological polar surface area (TPSA) is 98.2 Å². The fourth-order valence-electron chi connectivity index (χ4n) is 2.12. The van der Waals surface area contributed by atoms with E-state index in [2.05, 4.69) is 5.32 Å². The Morgan fingerprint density at radius 1 is 1.14 bits per heavy atom. The van der Waals surface area contributed by atoms with E-state index < -0.39 is 10.0 Å². The van der Waals surface area contributed by atoms with Crippen LogP contribution in [0, 0.1) is 0 Å². The average molecular weight is 305 g/mol. The second-order valence-corrected chi connectivity index (χ2v) is 6.59. The average Bonchev–Trinajstić information content (AvgIpc) is 2.41. The summed E-state index contributed by atoms with van der Waals surface area (Å²) in [7, 11) is -3.73. The first-order valence-corrected chi connectivity index (χ1v) is 8.13. The Morgan fingerprint density at radius 2 is 1.81 bits per heavy atom. The minimum absolute atomic E-state index is 0.0473. The molecule has 0 amide bonds. The highest BCUT2D eigenvalue weighted by Gasteiger charge is 2.12. The molecule has 0 aliphatic rings. The van der Waals surface area contributed by atoms with Gasteiger partial charge in [-0.05, 0) is 37.1 Å². The van der Waals surface area contributed by atoms with Crippen molar-refractivity contribution in [2.45, 2.75) is 24.3 Å². The van der Waals surface area contributed by atoms with E-state index >= 15 is 0 Å². The molecule has 2 rings (SSSR count). The quantitative estimate of drug-likeness (QED) is 0.735. The summed E-state index contributed by atoms with van der Waals surface area (Å²) in [6.07, 6.45) is 0.805. The number of nitrogens with one attached hydrogen (secondary N) is 1. The minimum Gasteiger partial charge on any atom is -0.397 e. The number of nitrogens with two attached hydrogens (primary N) is 2. The van der Waals surface area contributed by atoms with Crippen molar-refractivity contribution in [2.24, 2.45) is 5.14 Å². The molecule has 1 unspecified atom stereocenters. The molecular formula is C15H19N3O2S. The van der Waals surface area contributed by atoms with Crippen molar-refractivity contribution in [3.8, 4) is 0 Å². The van der Waals surface area contributed by atoms with Gasteiger partial charge < -0.3 is 11.1 Å². The molecule has 0 fully saturated rings. The van der Waals surface area contributed by atoms with Crippen LogP contribution in [0.1, 0.15) is 12.5 Å². The zero-order valence-electron chi connectivity index (χ0n) is 11.8. The van der Waals surface area contributed by atoms with Gasteiger partial charge in [0.15, 0.2) is 0 Å². The summed E-state index contributed by atoms with van der Waals surface area (Å²) < 4.78 is 22.8. The minimum atomic E-state index is -3.73. The molecule has 0 heterocycles. The zero-order valence-corrected chi connectivity index (χ0v) is 12.6. The molecule has 0 saturated heterocycles. The standard InChI is InChI=1S/C15H19N3O2S/c1-11(9-12-5-3-2-4-6-12)18-15-10-13(21(17,19)20)7-8-14(15)16/h2-8,10-11,18H,9,16H2,1H3,(H2,17,19,20). The Kier molecular flexibility index (Phi) is 4.50. The first-order chi connectivity index (χ1) is 9.86. The van der Waals surface area contributed by atoms with Crippen LogP contribution in [0.15, 0.2) is 53.4 Å². The molecule has 0 bridgehead atoms. The van der Waals surface area contributed by atoms with E-state index in [1.807, 2.05) is 37.3 Å². The van der Waals surface area contributed by atoms with Gasteiger partial charge in [0.1, 0.15) is 0 Å². The third kappa shape index (κ3) is 4.21. The molecule has 2 aromatic carbocycles. The predicted molar refractivity (Wildman–Crippen MR) is 85.5 cm³/mol. The van der Waals surface area contributed by atoms with Crippen LogP contribution in [0.5, 0.6) is 0 Å². The maximum atomic E-state index is 11.4.